The van der Waals surface area contributed by atoms with E-state index in [4.69, 9.17) is 16.3 Å². The minimum Gasteiger partial charge on any atom is -0.492 e. The number of ether oxygens (including phenoxy) is 1. The van der Waals surface area contributed by atoms with E-state index in [0.29, 0.717) is 56.4 Å². The summed E-state index contributed by atoms with van der Waals surface area (Å²) in [6.45, 7) is 8.61. The Morgan fingerprint density at radius 1 is 1.15 bits per heavy atom. The number of carbonyl (C=O) groups excluding carboxylic acids is 2. The van der Waals surface area contributed by atoms with Gasteiger partial charge in [-0.05, 0) is 24.6 Å². The van der Waals surface area contributed by atoms with Gasteiger partial charge in [0.1, 0.15) is 5.75 Å². The number of hydrogen-bond acceptors (Lipinski definition) is 3. The predicted molar refractivity (Wildman–Crippen MR) is 106 cm³/mol. The zero-order valence-electron chi connectivity index (χ0n) is 15.6. The molecular weight excluding hydrogens is 420 g/mol. The molecule has 0 aliphatic carbocycles. The monoisotopic (exact) mass is 444 g/mol. The Labute approximate surface area is 168 Å². The van der Waals surface area contributed by atoms with Crippen molar-refractivity contribution < 1.29 is 14.3 Å². The maximum atomic E-state index is 12.3. The second-order valence-electron chi connectivity index (χ2n) is 7.45. The van der Waals surface area contributed by atoms with Gasteiger partial charge in [0, 0.05) is 42.5 Å². The van der Waals surface area contributed by atoms with Crippen molar-refractivity contribution in [1.29, 1.82) is 0 Å². The highest BCUT2D eigenvalue weighted by atomic mass is 79.9. The number of hydrogen-bond donors (Lipinski definition) is 0. The summed E-state index contributed by atoms with van der Waals surface area (Å²) in [5, 5.41) is 0.547. The maximum Gasteiger partial charge on any atom is 0.228 e. The molecule has 1 fully saturated rings. The first-order valence-corrected chi connectivity index (χ1v) is 10.0. The van der Waals surface area contributed by atoms with Crippen molar-refractivity contribution in [2.24, 2.45) is 5.41 Å². The van der Waals surface area contributed by atoms with Gasteiger partial charge in [0.2, 0.25) is 11.8 Å². The van der Waals surface area contributed by atoms with E-state index in [-0.39, 0.29) is 17.2 Å². The quantitative estimate of drug-likeness (QED) is 0.644. The third-order valence-electron chi connectivity index (χ3n) is 4.25. The lowest BCUT2D eigenvalue weighted by molar-refractivity contribution is -0.145. The van der Waals surface area contributed by atoms with Crippen LogP contribution in [-0.2, 0) is 9.59 Å². The van der Waals surface area contributed by atoms with Gasteiger partial charge in [-0.25, -0.2) is 0 Å². The predicted octanol–water partition coefficient (Wildman–Crippen LogP) is 3.98. The largest absolute Gasteiger partial charge is 0.492 e. The highest BCUT2D eigenvalue weighted by Crippen LogP contribution is 2.27. The van der Waals surface area contributed by atoms with Crippen molar-refractivity contribution >= 4 is 39.3 Å². The molecule has 26 heavy (non-hydrogen) atoms. The minimum atomic E-state index is -0.377. The van der Waals surface area contributed by atoms with E-state index in [2.05, 4.69) is 15.9 Å². The van der Waals surface area contributed by atoms with Crippen LogP contribution < -0.4 is 4.74 Å². The Morgan fingerprint density at radius 3 is 2.35 bits per heavy atom. The van der Waals surface area contributed by atoms with Gasteiger partial charge in [-0.3, -0.25) is 9.59 Å². The van der Waals surface area contributed by atoms with Crippen molar-refractivity contribution in [3.63, 3.8) is 0 Å². The molecule has 1 aliphatic rings. The van der Waals surface area contributed by atoms with Crippen molar-refractivity contribution in [2.75, 3.05) is 32.8 Å². The van der Waals surface area contributed by atoms with Crippen LogP contribution in [0.25, 0.3) is 0 Å². The summed E-state index contributed by atoms with van der Waals surface area (Å²) in [4.78, 5) is 28.3. The summed E-state index contributed by atoms with van der Waals surface area (Å²) in [5.41, 5.74) is -0.377. The molecule has 2 amide bonds. The first-order chi connectivity index (χ1) is 12.2. The maximum absolute atomic E-state index is 12.3. The van der Waals surface area contributed by atoms with Crippen molar-refractivity contribution in [3.8, 4) is 5.75 Å². The third-order valence-corrected chi connectivity index (χ3v) is 5.04. The Kier molecular flexibility index (Phi) is 7.35. The molecule has 5 nitrogen and oxygen atoms in total. The van der Waals surface area contributed by atoms with Gasteiger partial charge in [0.25, 0.3) is 0 Å². The van der Waals surface area contributed by atoms with Crippen LogP contribution in [0, 0.1) is 5.41 Å². The van der Waals surface area contributed by atoms with Gasteiger partial charge in [-0.1, -0.05) is 48.3 Å². The topological polar surface area (TPSA) is 49.9 Å². The third kappa shape index (κ3) is 5.88. The molecule has 2 rings (SSSR count). The number of carbonyl (C=O) groups is 2. The summed E-state index contributed by atoms with van der Waals surface area (Å²) in [6, 6.07) is 5.45. The summed E-state index contributed by atoms with van der Waals surface area (Å²) < 4.78 is 6.54. The second-order valence-corrected chi connectivity index (χ2v) is 8.77. The normalized spacial score (nSPS) is 15.1. The minimum absolute atomic E-state index is 0.110. The molecule has 0 unspecified atom stereocenters. The number of piperazine rings is 1. The average molecular weight is 446 g/mol. The number of amides is 2. The molecule has 1 aliphatic heterocycles. The molecule has 0 spiro atoms. The first-order valence-electron chi connectivity index (χ1n) is 8.83. The molecule has 0 radical (unpaired) electrons. The van der Waals surface area contributed by atoms with Gasteiger partial charge in [-0.15, -0.1) is 0 Å². The van der Waals surface area contributed by atoms with Crippen LogP contribution in [0.1, 0.15) is 33.6 Å². The highest BCUT2D eigenvalue weighted by molar-refractivity contribution is 9.10. The number of rotatable bonds is 5. The Bertz CT molecular complexity index is 653. The smallest absolute Gasteiger partial charge is 0.228 e. The van der Waals surface area contributed by atoms with Gasteiger partial charge >= 0.3 is 0 Å². The molecule has 0 N–H and O–H groups in total. The van der Waals surface area contributed by atoms with E-state index in [1.165, 1.54) is 0 Å². The van der Waals surface area contributed by atoms with Crippen LogP contribution in [0.4, 0.5) is 0 Å². The lowest BCUT2D eigenvalue weighted by atomic mass is 9.94. The molecule has 1 saturated heterocycles. The van der Waals surface area contributed by atoms with Crippen LogP contribution in [-0.4, -0.2) is 54.4 Å². The summed E-state index contributed by atoms with van der Waals surface area (Å²) in [5.74, 6) is 0.874. The molecule has 1 aromatic rings. The van der Waals surface area contributed by atoms with E-state index in [9.17, 15) is 9.59 Å². The number of nitrogens with zero attached hydrogens (tertiary/aromatic N) is 2. The zero-order chi connectivity index (χ0) is 19.3. The molecule has 0 saturated carbocycles. The van der Waals surface area contributed by atoms with Gasteiger partial charge < -0.3 is 14.5 Å². The number of halogens is 2. The lowest BCUT2D eigenvalue weighted by Gasteiger charge is -2.37. The van der Waals surface area contributed by atoms with Gasteiger partial charge in [0.05, 0.1) is 11.6 Å². The lowest BCUT2D eigenvalue weighted by Crippen LogP contribution is -2.53. The fraction of sp³-hybridized carbons (Fsp3) is 0.579. The summed E-state index contributed by atoms with van der Waals surface area (Å²) >= 11 is 9.45. The van der Waals surface area contributed by atoms with Gasteiger partial charge in [0.15, 0.2) is 0 Å². The van der Waals surface area contributed by atoms with Crippen LogP contribution in [0.5, 0.6) is 5.75 Å². The Morgan fingerprint density at radius 2 is 1.77 bits per heavy atom. The first kappa shape index (κ1) is 21.0. The fourth-order valence-corrected chi connectivity index (χ4v) is 3.52. The molecule has 0 atom stereocenters. The van der Waals surface area contributed by atoms with Gasteiger partial charge in [-0.2, -0.15) is 0 Å². The summed E-state index contributed by atoms with van der Waals surface area (Å²) in [7, 11) is 0. The molecule has 1 aromatic carbocycles. The van der Waals surface area contributed by atoms with Crippen LogP contribution in [0.3, 0.4) is 0 Å². The van der Waals surface area contributed by atoms with Crippen LogP contribution in [0.2, 0.25) is 5.02 Å². The van der Waals surface area contributed by atoms with Crippen LogP contribution >= 0.6 is 27.5 Å². The van der Waals surface area contributed by atoms with Crippen molar-refractivity contribution in [3.05, 3.63) is 27.7 Å². The Hall–Kier alpha value is -1.27. The molecule has 144 valence electrons. The molecular formula is C19H26BrClN2O3. The van der Waals surface area contributed by atoms with E-state index in [1.54, 1.807) is 12.1 Å². The molecule has 0 aromatic heterocycles. The average Bonchev–Trinajstić information content (AvgIpc) is 2.58. The van der Waals surface area contributed by atoms with Crippen LogP contribution in [0.15, 0.2) is 22.7 Å². The van der Waals surface area contributed by atoms with E-state index in [0.717, 1.165) is 4.47 Å². The van der Waals surface area contributed by atoms with E-state index >= 15 is 0 Å². The zero-order valence-corrected chi connectivity index (χ0v) is 17.9. The summed E-state index contributed by atoms with van der Waals surface area (Å²) in [6.07, 6.45) is 1.06. The fourth-order valence-electron chi connectivity index (χ4n) is 2.79. The van der Waals surface area contributed by atoms with E-state index in [1.807, 2.05) is 36.6 Å². The standard InChI is InChI=1S/C19H26BrClN2O3/c1-19(2,3)18(25)23-10-8-22(9-11-23)17(24)5-4-12-26-16-7-6-14(20)13-15(16)21/h6-7,13H,4-5,8-12H2,1-3H3. The second kappa shape index (κ2) is 9.09. The molecule has 7 heteroatoms. The molecule has 1 heterocycles. The highest BCUT2D eigenvalue weighted by Gasteiger charge is 2.30. The van der Waals surface area contributed by atoms with Crippen molar-refractivity contribution in [1.82, 2.24) is 9.80 Å². The van der Waals surface area contributed by atoms with Crippen molar-refractivity contribution in [2.45, 2.75) is 33.6 Å². The molecule has 0 bridgehead atoms. The number of benzene rings is 1. The Balaban J connectivity index is 1.70. The van der Waals surface area contributed by atoms with E-state index < -0.39 is 0 Å². The SMILES string of the molecule is CC(C)(C)C(=O)N1CCN(C(=O)CCCOc2ccc(Br)cc2Cl)CC1.